The zero-order valence-corrected chi connectivity index (χ0v) is 14.1. The quantitative estimate of drug-likeness (QED) is 0.870. The zero-order chi connectivity index (χ0) is 17.2. The van der Waals surface area contributed by atoms with Gasteiger partial charge in [-0.1, -0.05) is 36.4 Å². The minimum Gasteiger partial charge on any atom is -0.368 e. The number of benzene rings is 2. The molecule has 2 aromatic rings. The molecule has 6 heteroatoms. The predicted octanol–water partition coefficient (Wildman–Crippen LogP) is 2.07. The maximum Gasteiger partial charge on any atom is 0.241 e. The Bertz CT molecular complexity index is 848. The average Bonchev–Trinajstić information content (AvgIpc) is 2.60. The molecule has 1 atom stereocenters. The highest BCUT2D eigenvalue weighted by molar-refractivity contribution is 7.89. The third-order valence-corrected chi connectivity index (χ3v) is 5.74. The number of aryl methyl sites for hydroxylation is 2. The van der Waals surface area contributed by atoms with Crippen LogP contribution in [0.3, 0.4) is 0 Å². The second-order valence-corrected chi connectivity index (χ2v) is 7.72. The molecule has 0 heterocycles. The Labute approximate surface area is 141 Å². The van der Waals surface area contributed by atoms with Gasteiger partial charge < -0.3 is 5.73 Å². The van der Waals surface area contributed by atoms with Crippen LogP contribution in [-0.4, -0.2) is 14.3 Å². The number of carbonyl (C=O) groups excluding carboxylic acids is 1. The summed E-state index contributed by atoms with van der Waals surface area (Å²) in [6.45, 7) is 0. The highest BCUT2D eigenvalue weighted by Gasteiger charge is 2.26. The van der Waals surface area contributed by atoms with Crippen molar-refractivity contribution in [3.63, 3.8) is 0 Å². The highest BCUT2D eigenvalue weighted by atomic mass is 32.2. The van der Waals surface area contributed by atoms with E-state index >= 15 is 0 Å². The van der Waals surface area contributed by atoms with Gasteiger partial charge in [0.05, 0.1) is 4.90 Å². The van der Waals surface area contributed by atoms with Crippen LogP contribution in [0.15, 0.2) is 53.4 Å². The molecule has 0 spiro atoms. The van der Waals surface area contributed by atoms with E-state index in [1.165, 1.54) is 5.56 Å². The molecular formula is C18H20N2O3S. The van der Waals surface area contributed by atoms with Gasteiger partial charge in [0.2, 0.25) is 15.9 Å². The third kappa shape index (κ3) is 3.49. The lowest BCUT2D eigenvalue weighted by molar-refractivity contribution is -0.119. The van der Waals surface area contributed by atoms with Crippen LogP contribution in [0, 0.1) is 0 Å². The summed E-state index contributed by atoms with van der Waals surface area (Å²) >= 11 is 0. The van der Waals surface area contributed by atoms with Crippen molar-refractivity contribution in [2.45, 2.75) is 36.6 Å². The second kappa shape index (κ2) is 6.75. The molecular weight excluding hydrogens is 324 g/mol. The first-order valence-corrected chi connectivity index (χ1v) is 9.44. The summed E-state index contributed by atoms with van der Waals surface area (Å²) in [5, 5.41) is 0. The minimum atomic E-state index is -3.84. The lowest BCUT2D eigenvalue weighted by Crippen LogP contribution is -2.37. The molecule has 0 bridgehead atoms. The SMILES string of the molecule is NC(=O)C(NS(=O)(=O)c1ccc2c(c1)CCCC2)c1ccccc1. The Morgan fingerprint density at radius 2 is 1.67 bits per heavy atom. The monoisotopic (exact) mass is 344 g/mol. The molecule has 1 aliphatic carbocycles. The molecule has 1 aliphatic rings. The number of sulfonamides is 1. The van der Waals surface area contributed by atoms with Gasteiger partial charge >= 0.3 is 0 Å². The Kier molecular flexibility index (Phi) is 4.69. The van der Waals surface area contributed by atoms with Gasteiger partial charge in [0.25, 0.3) is 0 Å². The van der Waals surface area contributed by atoms with Crippen LogP contribution >= 0.6 is 0 Å². The summed E-state index contributed by atoms with van der Waals surface area (Å²) in [5.74, 6) is -0.734. The fraction of sp³-hybridized carbons (Fsp3) is 0.278. The van der Waals surface area contributed by atoms with Crippen molar-refractivity contribution in [2.75, 3.05) is 0 Å². The first-order chi connectivity index (χ1) is 11.5. The van der Waals surface area contributed by atoms with Gasteiger partial charge in [-0.2, -0.15) is 4.72 Å². The molecule has 0 aliphatic heterocycles. The Hall–Kier alpha value is -2.18. The molecule has 1 amide bonds. The van der Waals surface area contributed by atoms with Crippen molar-refractivity contribution in [1.82, 2.24) is 4.72 Å². The summed E-state index contributed by atoms with van der Waals surface area (Å²) in [5.41, 5.74) is 8.19. The van der Waals surface area contributed by atoms with Crippen molar-refractivity contribution in [2.24, 2.45) is 5.73 Å². The number of hydrogen-bond donors (Lipinski definition) is 2. The summed E-state index contributed by atoms with van der Waals surface area (Å²) < 4.78 is 27.8. The van der Waals surface area contributed by atoms with E-state index in [-0.39, 0.29) is 4.90 Å². The summed E-state index contributed by atoms with van der Waals surface area (Å²) in [6, 6.07) is 12.7. The van der Waals surface area contributed by atoms with E-state index < -0.39 is 22.0 Å². The van der Waals surface area contributed by atoms with Gasteiger partial charge in [0.1, 0.15) is 6.04 Å². The summed E-state index contributed by atoms with van der Waals surface area (Å²) in [7, 11) is -3.84. The van der Waals surface area contributed by atoms with Gasteiger partial charge in [-0.3, -0.25) is 4.79 Å². The number of fused-ring (bicyclic) bond motifs is 1. The number of nitrogens with two attached hydrogens (primary N) is 1. The Morgan fingerprint density at radius 1 is 1.00 bits per heavy atom. The number of primary amides is 1. The zero-order valence-electron chi connectivity index (χ0n) is 13.2. The average molecular weight is 344 g/mol. The van der Waals surface area contributed by atoms with E-state index in [1.54, 1.807) is 42.5 Å². The molecule has 0 fully saturated rings. The molecule has 0 saturated carbocycles. The molecule has 24 heavy (non-hydrogen) atoms. The second-order valence-electron chi connectivity index (χ2n) is 6.00. The third-order valence-electron chi connectivity index (χ3n) is 4.32. The predicted molar refractivity (Wildman–Crippen MR) is 91.8 cm³/mol. The smallest absolute Gasteiger partial charge is 0.241 e. The molecule has 2 aromatic carbocycles. The highest BCUT2D eigenvalue weighted by Crippen LogP contribution is 2.25. The van der Waals surface area contributed by atoms with Crippen LogP contribution in [0.5, 0.6) is 0 Å². The van der Waals surface area contributed by atoms with Gasteiger partial charge in [0.15, 0.2) is 0 Å². The van der Waals surface area contributed by atoms with E-state index in [1.807, 2.05) is 6.07 Å². The number of hydrogen-bond acceptors (Lipinski definition) is 3. The molecule has 3 rings (SSSR count). The molecule has 1 unspecified atom stereocenters. The van der Waals surface area contributed by atoms with Crippen LogP contribution in [0.1, 0.15) is 35.6 Å². The molecule has 0 aromatic heterocycles. The largest absolute Gasteiger partial charge is 0.368 e. The molecule has 5 nitrogen and oxygen atoms in total. The van der Waals surface area contributed by atoms with Gasteiger partial charge in [0, 0.05) is 0 Å². The van der Waals surface area contributed by atoms with Crippen LogP contribution < -0.4 is 10.5 Å². The fourth-order valence-electron chi connectivity index (χ4n) is 3.04. The van der Waals surface area contributed by atoms with Gasteiger partial charge in [-0.05, 0) is 54.5 Å². The fourth-order valence-corrected chi connectivity index (χ4v) is 4.28. The standard InChI is InChI=1S/C18H20N2O3S/c19-18(21)17(14-7-2-1-3-8-14)20-24(22,23)16-11-10-13-6-4-5-9-15(13)12-16/h1-3,7-8,10-12,17,20H,4-6,9H2,(H2,19,21). The molecule has 0 radical (unpaired) electrons. The lowest BCUT2D eigenvalue weighted by atomic mass is 9.92. The first kappa shape index (κ1) is 16.7. The van der Waals surface area contributed by atoms with Crippen molar-refractivity contribution < 1.29 is 13.2 Å². The van der Waals surface area contributed by atoms with Crippen molar-refractivity contribution >= 4 is 15.9 Å². The maximum atomic E-state index is 12.7. The normalized spacial score (nSPS) is 15.5. The molecule has 0 saturated heterocycles. The van der Waals surface area contributed by atoms with E-state index in [2.05, 4.69) is 4.72 Å². The van der Waals surface area contributed by atoms with E-state index in [0.717, 1.165) is 31.2 Å². The molecule has 3 N–H and O–H groups in total. The van der Waals surface area contributed by atoms with Crippen LogP contribution in [-0.2, 0) is 27.7 Å². The Morgan fingerprint density at radius 3 is 2.33 bits per heavy atom. The van der Waals surface area contributed by atoms with Crippen LogP contribution in [0.2, 0.25) is 0 Å². The van der Waals surface area contributed by atoms with Crippen molar-refractivity contribution in [3.8, 4) is 0 Å². The van der Waals surface area contributed by atoms with Gasteiger partial charge in [-0.25, -0.2) is 8.42 Å². The van der Waals surface area contributed by atoms with Crippen LogP contribution in [0.4, 0.5) is 0 Å². The summed E-state index contributed by atoms with van der Waals surface area (Å²) in [6.07, 6.45) is 4.07. The van der Waals surface area contributed by atoms with E-state index in [0.29, 0.717) is 5.56 Å². The van der Waals surface area contributed by atoms with E-state index in [9.17, 15) is 13.2 Å². The number of rotatable bonds is 5. The maximum absolute atomic E-state index is 12.7. The minimum absolute atomic E-state index is 0.172. The first-order valence-electron chi connectivity index (χ1n) is 7.96. The number of carbonyl (C=O) groups is 1. The topological polar surface area (TPSA) is 89.3 Å². The molecule has 126 valence electrons. The number of amides is 1. The van der Waals surface area contributed by atoms with Crippen molar-refractivity contribution in [3.05, 3.63) is 65.2 Å². The summed E-state index contributed by atoms with van der Waals surface area (Å²) in [4.78, 5) is 11.9. The van der Waals surface area contributed by atoms with Gasteiger partial charge in [-0.15, -0.1) is 0 Å². The van der Waals surface area contributed by atoms with E-state index in [4.69, 9.17) is 5.73 Å². The van der Waals surface area contributed by atoms with Crippen LogP contribution in [0.25, 0.3) is 0 Å². The number of nitrogens with one attached hydrogen (secondary N) is 1. The van der Waals surface area contributed by atoms with Crippen molar-refractivity contribution in [1.29, 1.82) is 0 Å². The Balaban J connectivity index is 1.91. The lowest BCUT2D eigenvalue weighted by Gasteiger charge is -2.19.